The summed E-state index contributed by atoms with van der Waals surface area (Å²) in [5.74, 6) is 4.24. The second-order valence-corrected chi connectivity index (χ2v) is 7.13. The van der Waals surface area contributed by atoms with Crippen LogP contribution in [0.1, 0.15) is 37.4 Å². The van der Waals surface area contributed by atoms with E-state index in [1.807, 2.05) is 24.0 Å². The van der Waals surface area contributed by atoms with Crippen molar-refractivity contribution in [1.29, 1.82) is 0 Å². The van der Waals surface area contributed by atoms with Crippen molar-refractivity contribution in [3.05, 3.63) is 24.2 Å². The van der Waals surface area contributed by atoms with Gasteiger partial charge in [0.05, 0.1) is 12.6 Å². The maximum Gasteiger partial charge on any atom is 0.160 e. The lowest BCUT2D eigenvalue weighted by Gasteiger charge is -2.24. The molecule has 0 N–H and O–H groups in total. The van der Waals surface area contributed by atoms with E-state index in [0.29, 0.717) is 12.0 Å². The highest BCUT2D eigenvalue weighted by Gasteiger charge is 2.26. The molecule has 4 rings (SSSR count). The van der Waals surface area contributed by atoms with Gasteiger partial charge in [0.15, 0.2) is 5.65 Å². The van der Waals surface area contributed by atoms with Crippen LogP contribution in [0.2, 0.25) is 0 Å². The third-order valence-electron chi connectivity index (χ3n) is 4.49. The maximum atomic E-state index is 5.94. The first-order valence-electron chi connectivity index (χ1n) is 7.92. The van der Waals surface area contributed by atoms with Gasteiger partial charge in [-0.2, -0.15) is 11.8 Å². The van der Waals surface area contributed by atoms with Crippen LogP contribution in [0.4, 0.5) is 0 Å². The number of nitrogens with zero attached hydrogens (tertiary/aromatic N) is 3. The van der Waals surface area contributed by atoms with Gasteiger partial charge < -0.3 is 9.30 Å². The first-order chi connectivity index (χ1) is 10.4. The van der Waals surface area contributed by atoms with E-state index in [1.165, 1.54) is 36.6 Å². The Bertz CT molecular complexity index is 615. The van der Waals surface area contributed by atoms with Crippen molar-refractivity contribution in [2.45, 2.75) is 44.2 Å². The molecule has 2 aliphatic rings. The average molecular weight is 303 g/mol. The van der Waals surface area contributed by atoms with Gasteiger partial charge in [0, 0.05) is 24.5 Å². The molecule has 2 atom stereocenters. The lowest BCUT2D eigenvalue weighted by Crippen LogP contribution is -2.26. The third-order valence-corrected chi connectivity index (χ3v) is 5.65. The Morgan fingerprint density at radius 2 is 2.33 bits per heavy atom. The topological polar surface area (TPSA) is 39.9 Å². The van der Waals surface area contributed by atoms with Crippen molar-refractivity contribution >= 4 is 22.9 Å². The normalized spacial score (nSPS) is 26.5. The van der Waals surface area contributed by atoms with Crippen LogP contribution in [-0.4, -0.2) is 38.8 Å². The zero-order valence-electron chi connectivity index (χ0n) is 12.2. The highest BCUT2D eigenvalue weighted by molar-refractivity contribution is 7.99. The molecule has 4 nitrogen and oxygen atoms in total. The Balaban J connectivity index is 1.70. The fourth-order valence-electron chi connectivity index (χ4n) is 3.36. The largest absolute Gasteiger partial charge is 0.376 e. The number of ether oxygens (including phenoxy) is 1. The summed E-state index contributed by atoms with van der Waals surface area (Å²) in [4.78, 5) is 9.47. The van der Waals surface area contributed by atoms with Gasteiger partial charge in [0.2, 0.25) is 0 Å². The molecule has 0 saturated carbocycles. The van der Waals surface area contributed by atoms with E-state index in [1.54, 1.807) is 0 Å². The number of rotatable bonds is 3. The molecular weight excluding hydrogens is 282 g/mol. The molecule has 0 aliphatic carbocycles. The molecule has 0 spiro atoms. The lowest BCUT2D eigenvalue weighted by atomic mass is 10.1. The summed E-state index contributed by atoms with van der Waals surface area (Å²) in [5, 5.41) is 0. The molecule has 2 unspecified atom stereocenters. The Morgan fingerprint density at radius 3 is 3.14 bits per heavy atom. The second kappa shape index (κ2) is 5.97. The van der Waals surface area contributed by atoms with Crippen LogP contribution in [0, 0.1) is 0 Å². The van der Waals surface area contributed by atoms with Crippen LogP contribution in [0.25, 0.3) is 11.2 Å². The van der Waals surface area contributed by atoms with E-state index in [9.17, 15) is 0 Å². The summed E-state index contributed by atoms with van der Waals surface area (Å²) in [6.45, 7) is 1.81. The second-order valence-electron chi connectivity index (χ2n) is 5.98. The highest BCUT2D eigenvalue weighted by atomic mass is 32.2. The van der Waals surface area contributed by atoms with E-state index in [-0.39, 0.29) is 0 Å². The van der Waals surface area contributed by atoms with E-state index >= 15 is 0 Å². The summed E-state index contributed by atoms with van der Waals surface area (Å²) in [7, 11) is 0. The Kier molecular flexibility index (Phi) is 3.86. The maximum absolute atomic E-state index is 5.94. The summed E-state index contributed by atoms with van der Waals surface area (Å²) in [6.07, 6.45) is 7.07. The molecule has 5 heteroatoms. The lowest BCUT2D eigenvalue weighted by molar-refractivity contribution is 0.00599. The fourth-order valence-corrected chi connectivity index (χ4v) is 4.58. The molecule has 0 aromatic carbocycles. The van der Waals surface area contributed by atoms with Crippen LogP contribution in [0.3, 0.4) is 0 Å². The van der Waals surface area contributed by atoms with E-state index in [4.69, 9.17) is 9.72 Å². The SMILES string of the molecule is c1cnc2c(c1)nc(C1CCSC1)n2CC1CCCCO1. The first-order valence-corrected chi connectivity index (χ1v) is 9.08. The predicted molar refractivity (Wildman–Crippen MR) is 85.8 cm³/mol. The van der Waals surface area contributed by atoms with Gasteiger partial charge in [0.1, 0.15) is 11.3 Å². The zero-order chi connectivity index (χ0) is 14.1. The number of hydrogen-bond acceptors (Lipinski definition) is 4. The predicted octanol–water partition coefficient (Wildman–Crippen LogP) is 3.22. The average Bonchev–Trinajstić information content (AvgIpc) is 3.16. The van der Waals surface area contributed by atoms with Crippen molar-refractivity contribution in [2.24, 2.45) is 0 Å². The summed E-state index contributed by atoms with van der Waals surface area (Å²) in [6, 6.07) is 4.05. The van der Waals surface area contributed by atoms with Gasteiger partial charge in [0.25, 0.3) is 0 Å². The molecule has 2 saturated heterocycles. The molecule has 2 aromatic rings. The van der Waals surface area contributed by atoms with Crippen molar-refractivity contribution < 1.29 is 4.74 Å². The van der Waals surface area contributed by atoms with E-state index in [0.717, 1.165) is 30.7 Å². The minimum Gasteiger partial charge on any atom is -0.376 e. The van der Waals surface area contributed by atoms with Gasteiger partial charge in [-0.05, 0) is 43.6 Å². The molecule has 2 fully saturated rings. The van der Waals surface area contributed by atoms with Crippen molar-refractivity contribution in [3.8, 4) is 0 Å². The summed E-state index contributed by atoms with van der Waals surface area (Å²) in [5.41, 5.74) is 2.05. The molecule has 0 bridgehead atoms. The molecule has 112 valence electrons. The van der Waals surface area contributed by atoms with Crippen LogP contribution in [-0.2, 0) is 11.3 Å². The minimum atomic E-state index is 0.325. The standard InChI is InChI=1S/C16H21N3OS/c1-2-8-20-13(4-1)10-19-15(12-6-9-21-11-12)18-14-5-3-7-17-16(14)19/h3,5,7,12-13H,1-2,4,6,8-11H2. The molecule has 4 heterocycles. The van der Waals surface area contributed by atoms with Crippen LogP contribution in [0.5, 0.6) is 0 Å². The van der Waals surface area contributed by atoms with Crippen LogP contribution < -0.4 is 0 Å². The summed E-state index contributed by atoms with van der Waals surface area (Å²) < 4.78 is 8.27. The Hall–Kier alpha value is -1.07. The molecular formula is C16H21N3OS. The summed E-state index contributed by atoms with van der Waals surface area (Å²) >= 11 is 2.04. The number of aromatic nitrogens is 3. The van der Waals surface area contributed by atoms with Gasteiger partial charge >= 0.3 is 0 Å². The van der Waals surface area contributed by atoms with Crippen LogP contribution >= 0.6 is 11.8 Å². The fraction of sp³-hybridized carbons (Fsp3) is 0.625. The van der Waals surface area contributed by atoms with Gasteiger partial charge in [-0.15, -0.1) is 0 Å². The molecule has 2 aliphatic heterocycles. The number of fused-ring (bicyclic) bond motifs is 1. The Labute approximate surface area is 129 Å². The highest BCUT2D eigenvalue weighted by Crippen LogP contribution is 2.33. The number of imidazole rings is 1. The van der Waals surface area contributed by atoms with Gasteiger partial charge in [-0.25, -0.2) is 9.97 Å². The number of hydrogen-bond donors (Lipinski definition) is 0. The van der Waals surface area contributed by atoms with Gasteiger partial charge in [-0.3, -0.25) is 0 Å². The molecule has 0 amide bonds. The molecule has 21 heavy (non-hydrogen) atoms. The number of pyridine rings is 1. The smallest absolute Gasteiger partial charge is 0.160 e. The van der Waals surface area contributed by atoms with Crippen molar-refractivity contribution in [3.63, 3.8) is 0 Å². The minimum absolute atomic E-state index is 0.325. The number of thioether (sulfide) groups is 1. The van der Waals surface area contributed by atoms with Crippen molar-refractivity contribution in [1.82, 2.24) is 14.5 Å². The third kappa shape index (κ3) is 2.69. The molecule has 0 radical (unpaired) electrons. The monoisotopic (exact) mass is 303 g/mol. The van der Waals surface area contributed by atoms with Crippen LogP contribution in [0.15, 0.2) is 18.3 Å². The molecule has 2 aromatic heterocycles. The van der Waals surface area contributed by atoms with Gasteiger partial charge in [-0.1, -0.05) is 0 Å². The quantitative estimate of drug-likeness (QED) is 0.873. The van der Waals surface area contributed by atoms with E-state index in [2.05, 4.69) is 15.6 Å². The first kappa shape index (κ1) is 13.6. The van der Waals surface area contributed by atoms with Crippen molar-refractivity contribution in [2.75, 3.05) is 18.1 Å². The van der Waals surface area contributed by atoms with E-state index < -0.39 is 0 Å². The Morgan fingerprint density at radius 1 is 1.33 bits per heavy atom. The zero-order valence-corrected chi connectivity index (χ0v) is 13.0.